The Hall–Kier alpha value is -2.29. The van der Waals surface area contributed by atoms with E-state index in [-0.39, 0.29) is 5.97 Å². The third kappa shape index (κ3) is 6.45. The van der Waals surface area contributed by atoms with E-state index >= 15 is 0 Å². The first kappa shape index (κ1) is 18.1. The highest BCUT2D eigenvalue weighted by Crippen LogP contribution is 2.15. The van der Waals surface area contributed by atoms with Crippen LogP contribution in [0, 0.1) is 6.92 Å². The van der Waals surface area contributed by atoms with Crippen LogP contribution in [-0.2, 0) is 22.6 Å². The molecule has 2 aromatic carbocycles. The average molecular weight is 326 g/mol. The smallest absolute Gasteiger partial charge is 0.305 e. The molecule has 0 aliphatic heterocycles. The van der Waals surface area contributed by atoms with Gasteiger partial charge in [0.15, 0.2) is 0 Å². The number of carbonyl (C=O) groups excluding carboxylic acids is 1. The van der Waals surface area contributed by atoms with E-state index in [0.29, 0.717) is 19.6 Å². The Morgan fingerprint density at radius 3 is 2.29 bits per heavy atom. The molecule has 3 nitrogen and oxygen atoms in total. The summed E-state index contributed by atoms with van der Waals surface area (Å²) < 4.78 is 11.0. The van der Waals surface area contributed by atoms with Crippen molar-refractivity contribution < 1.29 is 14.3 Å². The van der Waals surface area contributed by atoms with Gasteiger partial charge >= 0.3 is 5.97 Å². The zero-order valence-corrected chi connectivity index (χ0v) is 14.6. The van der Waals surface area contributed by atoms with Crippen LogP contribution in [0.4, 0.5) is 0 Å². The molecule has 0 spiro atoms. The lowest BCUT2D eigenvalue weighted by atomic mass is 10.1. The van der Waals surface area contributed by atoms with E-state index in [9.17, 15) is 4.79 Å². The van der Waals surface area contributed by atoms with Crippen LogP contribution in [0.2, 0.25) is 0 Å². The van der Waals surface area contributed by atoms with Gasteiger partial charge in [-0.25, -0.2) is 0 Å². The molecule has 0 amide bonds. The molecule has 0 heterocycles. The molecule has 0 unspecified atom stereocenters. The summed E-state index contributed by atoms with van der Waals surface area (Å²) in [5.41, 5.74) is 3.54. The molecule has 0 radical (unpaired) electrons. The van der Waals surface area contributed by atoms with Crippen molar-refractivity contribution in [2.75, 3.05) is 6.61 Å². The number of benzene rings is 2. The Morgan fingerprint density at radius 1 is 0.958 bits per heavy atom. The third-order valence-electron chi connectivity index (χ3n) is 3.84. The Kier molecular flexibility index (Phi) is 7.34. The maximum atomic E-state index is 11.4. The lowest BCUT2D eigenvalue weighted by molar-refractivity contribution is -0.143. The molecule has 2 aromatic rings. The van der Waals surface area contributed by atoms with Gasteiger partial charge in [0, 0.05) is 12.8 Å². The number of hydrogen-bond acceptors (Lipinski definition) is 3. The standard InChI is InChI=1S/C21H26O3/c1-3-4-5-21(22)23-15-14-18-10-12-20(13-11-18)24-16-19-8-6-17(2)7-9-19/h6-13H,3-5,14-16H2,1-2H3. The number of esters is 1. The van der Waals surface area contributed by atoms with Gasteiger partial charge < -0.3 is 9.47 Å². The first-order valence-corrected chi connectivity index (χ1v) is 8.60. The maximum absolute atomic E-state index is 11.4. The lowest BCUT2D eigenvalue weighted by Crippen LogP contribution is -2.07. The SMILES string of the molecule is CCCCC(=O)OCCc1ccc(OCc2ccc(C)cc2)cc1. The summed E-state index contributed by atoms with van der Waals surface area (Å²) in [4.78, 5) is 11.4. The topological polar surface area (TPSA) is 35.5 Å². The monoisotopic (exact) mass is 326 g/mol. The van der Waals surface area contributed by atoms with Gasteiger partial charge in [-0.1, -0.05) is 55.3 Å². The summed E-state index contributed by atoms with van der Waals surface area (Å²) in [5, 5.41) is 0. The van der Waals surface area contributed by atoms with Gasteiger partial charge in [-0.15, -0.1) is 0 Å². The number of hydrogen-bond donors (Lipinski definition) is 0. The minimum absolute atomic E-state index is 0.102. The number of unbranched alkanes of at least 4 members (excludes halogenated alkanes) is 1. The number of ether oxygens (including phenoxy) is 2. The van der Waals surface area contributed by atoms with Crippen molar-refractivity contribution in [2.24, 2.45) is 0 Å². The Morgan fingerprint density at radius 2 is 1.62 bits per heavy atom. The summed E-state index contributed by atoms with van der Waals surface area (Å²) in [5.74, 6) is 0.745. The first-order valence-electron chi connectivity index (χ1n) is 8.60. The highest BCUT2D eigenvalue weighted by atomic mass is 16.5. The van der Waals surface area contributed by atoms with Crippen molar-refractivity contribution in [1.82, 2.24) is 0 Å². The molecule has 0 aromatic heterocycles. The molecule has 24 heavy (non-hydrogen) atoms. The number of carbonyl (C=O) groups is 1. The Labute approximate surface area is 144 Å². The molecule has 0 atom stereocenters. The number of aryl methyl sites for hydroxylation is 1. The van der Waals surface area contributed by atoms with Crippen LogP contribution in [0.25, 0.3) is 0 Å². The normalized spacial score (nSPS) is 10.4. The molecule has 0 saturated heterocycles. The predicted molar refractivity (Wildman–Crippen MR) is 96.1 cm³/mol. The first-order chi connectivity index (χ1) is 11.7. The van der Waals surface area contributed by atoms with Crippen LogP contribution in [0.3, 0.4) is 0 Å². The van der Waals surface area contributed by atoms with Gasteiger partial charge in [-0.2, -0.15) is 0 Å². The van der Waals surface area contributed by atoms with Gasteiger partial charge in [-0.3, -0.25) is 4.79 Å². The predicted octanol–water partition coefficient (Wildman–Crippen LogP) is 4.85. The van der Waals surface area contributed by atoms with Gasteiger partial charge in [-0.05, 0) is 36.6 Å². The van der Waals surface area contributed by atoms with Gasteiger partial charge in [0.1, 0.15) is 12.4 Å². The second-order valence-electron chi connectivity index (χ2n) is 5.99. The molecule has 0 N–H and O–H groups in total. The maximum Gasteiger partial charge on any atom is 0.305 e. The van der Waals surface area contributed by atoms with Crippen molar-refractivity contribution in [2.45, 2.75) is 46.1 Å². The molecular formula is C21H26O3. The van der Waals surface area contributed by atoms with E-state index in [1.165, 1.54) is 5.56 Å². The van der Waals surface area contributed by atoms with Gasteiger partial charge in [0.25, 0.3) is 0 Å². The fourth-order valence-corrected chi connectivity index (χ4v) is 2.28. The molecule has 0 aliphatic carbocycles. The van der Waals surface area contributed by atoms with Crippen molar-refractivity contribution in [1.29, 1.82) is 0 Å². The zero-order chi connectivity index (χ0) is 17.2. The fraction of sp³-hybridized carbons (Fsp3) is 0.381. The van der Waals surface area contributed by atoms with Gasteiger partial charge in [0.05, 0.1) is 6.61 Å². The van der Waals surface area contributed by atoms with Crippen molar-refractivity contribution >= 4 is 5.97 Å². The molecular weight excluding hydrogens is 300 g/mol. The van der Waals surface area contributed by atoms with Crippen LogP contribution in [0.1, 0.15) is 42.9 Å². The summed E-state index contributed by atoms with van der Waals surface area (Å²) in [6, 6.07) is 16.3. The van der Waals surface area contributed by atoms with Crippen molar-refractivity contribution in [3.8, 4) is 5.75 Å². The van der Waals surface area contributed by atoms with Crippen LogP contribution >= 0.6 is 0 Å². The second-order valence-corrected chi connectivity index (χ2v) is 5.99. The van der Waals surface area contributed by atoms with E-state index in [2.05, 4.69) is 38.1 Å². The average Bonchev–Trinajstić information content (AvgIpc) is 2.60. The van der Waals surface area contributed by atoms with Crippen LogP contribution in [0.5, 0.6) is 5.75 Å². The minimum Gasteiger partial charge on any atom is -0.489 e. The minimum atomic E-state index is -0.102. The molecule has 0 aliphatic rings. The van der Waals surface area contributed by atoms with E-state index in [4.69, 9.17) is 9.47 Å². The van der Waals surface area contributed by atoms with Crippen LogP contribution in [0.15, 0.2) is 48.5 Å². The highest BCUT2D eigenvalue weighted by molar-refractivity contribution is 5.69. The molecule has 0 bridgehead atoms. The number of rotatable bonds is 9. The molecule has 3 heteroatoms. The summed E-state index contributed by atoms with van der Waals surface area (Å²) >= 11 is 0. The molecule has 128 valence electrons. The van der Waals surface area contributed by atoms with Gasteiger partial charge in [0.2, 0.25) is 0 Å². The Balaban J connectivity index is 1.72. The molecule has 0 fully saturated rings. The fourth-order valence-electron chi connectivity index (χ4n) is 2.28. The van der Waals surface area contributed by atoms with E-state index in [0.717, 1.165) is 36.1 Å². The molecule has 2 rings (SSSR count). The van der Waals surface area contributed by atoms with E-state index < -0.39 is 0 Å². The van der Waals surface area contributed by atoms with Crippen LogP contribution in [-0.4, -0.2) is 12.6 Å². The summed E-state index contributed by atoms with van der Waals surface area (Å²) in [6.45, 7) is 5.14. The lowest BCUT2D eigenvalue weighted by Gasteiger charge is -2.08. The highest BCUT2D eigenvalue weighted by Gasteiger charge is 2.02. The molecule has 0 saturated carbocycles. The van der Waals surface area contributed by atoms with E-state index in [1.807, 2.05) is 24.3 Å². The Bertz CT molecular complexity index is 615. The summed E-state index contributed by atoms with van der Waals surface area (Å²) in [7, 11) is 0. The largest absolute Gasteiger partial charge is 0.489 e. The van der Waals surface area contributed by atoms with Crippen LogP contribution < -0.4 is 4.74 Å². The quantitative estimate of drug-likeness (QED) is 0.618. The zero-order valence-electron chi connectivity index (χ0n) is 14.6. The second kappa shape index (κ2) is 9.76. The van der Waals surface area contributed by atoms with E-state index in [1.54, 1.807) is 0 Å². The van der Waals surface area contributed by atoms with Crippen molar-refractivity contribution in [3.05, 3.63) is 65.2 Å². The third-order valence-corrected chi connectivity index (χ3v) is 3.84. The van der Waals surface area contributed by atoms with Crippen molar-refractivity contribution in [3.63, 3.8) is 0 Å². The summed E-state index contributed by atoms with van der Waals surface area (Å²) in [6.07, 6.45) is 3.16.